The predicted molar refractivity (Wildman–Crippen MR) is 126 cm³/mol. The summed E-state index contributed by atoms with van der Waals surface area (Å²) in [5.41, 5.74) is 1.07. The summed E-state index contributed by atoms with van der Waals surface area (Å²) in [7, 11) is 0. The van der Waals surface area contributed by atoms with E-state index in [2.05, 4.69) is 0 Å². The molecule has 1 aliphatic rings. The number of carbonyl (C=O) groups excluding carboxylic acids is 1. The van der Waals surface area contributed by atoms with Gasteiger partial charge in [0, 0.05) is 6.61 Å². The molecule has 1 N–H and O–H groups in total. The van der Waals surface area contributed by atoms with Gasteiger partial charge in [0.05, 0.1) is 12.2 Å². The fourth-order valence-corrected chi connectivity index (χ4v) is 4.52. The molecule has 0 aliphatic heterocycles. The second-order valence-electron chi connectivity index (χ2n) is 8.72. The highest BCUT2D eigenvalue weighted by Crippen LogP contribution is 2.37. The summed E-state index contributed by atoms with van der Waals surface area (Å²) in [6.07, 6.45) is 2.84. The number of aliphatic hydroxyl groups excluding tert-OH is 1. The molecule has 1 saturated carbocycles. The first-order valence-electron chi connectivity index (χ1n) is 11.7. The molecule has 0 heterocycles. The Bertz CT molecular complexity index is 1190. The lowest BCUT2D eigenvalue weighted by atomic mass is 9.78. The van der Waals surface area contributed by atoms with Crippen molar-refractivity contribution in [2.45, 2.75) is 38.5 Å². The van der Waals surface area contributed by atoms with Crippen LogP contribution in [0, 0.1) is 23.4 Å². The SMILES string of the molecule is CCOc1ccc(-c2ccc(OC(=O)c3ccc(C4CCC(CO)CC4)c(F)c3F)cc2)cc1F. The lowest BCUT2D eigenvalue weighted by molar-refractivity contribution is 0.0728. The lowest BCUT2D eigenvalue weighted by Gasteiger charge is -2.28. The van der Waals surface area contributed by atoms with Crippen LogP contribution in [0.15, 0.2) is 54.6 Å². The minimum Gasteiger partial charge on any atom is -0.491 e. The van der Waals surface area contributed by atoms with Gasteiger partial charge in [0.15, 0.2) is 23.2 Å². The molecule has 0 radical (unpaired) electrons. The summed E-state index contributed by atoms with van der Waals surface area (Å²) in [4.78, 5) is 12.5. The third kappa shape index (κ3) is 5.51. The molecule has 0 amide bonds. The number of carbonyl (C=O) groups is 1. The van der Waals surface area contributed by atoms with Crippen LogP contribution >= 0.6 is 0 Å². The molecule has 0 bridgehead atoms. The van der Waals surface area contributed by atoms with Crippen LogP contribution in [0.4, 0.5) is 13.2 Å². The Morgan fingerprint density at radius 2 is 1.60 bits per heavy atom. The number of esters is 1. The van der Waals surface area contributed by atoms with E-state index in [9.17, 15) is 23.1 Å². The van der Waals surface area contributed by atoms with Gasteiger partial charge in [-0.1, -0.05) is 24.3 Å². The van der Waals surface area contributed by atoms with E-state index in [1.807, 2.05) is 0 Å². The molecule has 3 aromatic carbocycles. The standard InChI is InChI=1S/C28H27F3O4/c1-2-34-25-14-9-20(15-24(25)29)18-7-10-21(11-8-18)35-28(33)23-13-12-22(26(30)27(23)31)19-5-3-17(16-32)4-6-19/h7-15,17,19,32H,2-6,16H2,1H3. The largest absolute Gasteiger partial charge is 0.491 e. The minimum atomic E-state index is -1.22. The van der Waals surface area contributed by atoms with E-state index in [1.54, 1.807) is 31.2 Å². The Labute approximate surface area is 202 Å². The summed E-state index contributed by atoms with van der Waals surface area (Å²) < 4.78 is 54.2. The van der Waals surface area contributed by atoms with E-state index in [1.165, 1.54) is 30.3 Å². The van der Waals surface area contributed by atoms with Crippen molar-refractivity contribution < 1.29 is 32.5 Å². The zero-order valence-electron chi connectivity index (χ0n) is 19.4. The number of halogens is 3. The summed E-state index contributed by atoms with van der Waals surface area (Å²) in [6.45, 7) is 2.23. The summed E-state index contributed by atoms with van der Waals surface area (Å²) in [6, 6.07) is 13.6. The van der Waals surface area contributed by atoms with Crippen LogP contribution in [0.3, 0.4) is 0 Å². The van der Waals surface area contributed by atoms with Crippen LogP contribution in [0.25, 0.3) is 11.1 Å². The molecule has 7 heteroatoms. The van der Waals surface area contributed by atoms with Crippen molar-refractivity contribution in [2.75, 3.05) is 13.2 Å². The molecule has 3 aromatic rings. The third-order valence-corrected chi connectivity index (χ3v) is 6.51. The van der Waals surface area contributed by atoms with Crippen molar-refractivity contribution in [1.82, 2.24) is 0 Å². The van der Waals surface area contributed by atoms with Gasteiger partial charge in [-0.2, -0.15) is 0 Å². The van der Waals surface area contributed by atoms with Gasteiger partial charge in [0.2, 0.25) is 0 Å². The first kappa shape index (κ1) is 24.8. The molecule has 1 fully saturated rings. The lowest BCUT2D eigenvalue weighted by Crippen LogP contribution is -2.18. The molecule has 0 atom stereocenters. The average Bonchev–Trinajstić information content (AvgIpc) is 2.87. The maximum Gasteiger partial charge on any atom is 0.346 e. The quantitative estimate of drug-likeness (QED) is 0.301. The summed E-state index contributed by atoms with van der Waals surface area (Å²) in [5, 5.41) is 9.27. The fraction of sp³-hybridized carbons (Fsp3) is 0.321. The predicted octanol–water partition coefficient (Wildman–Crippen LogP) is 6.65. The van der Waals surface area contributed by atoms with Crippen LogP contribution in [-0.4, -0.2) is 24.3 Å². The minimum absolute atomic E-state index is 0.104. The van der Waals surface area contributed by atoms with Crippen molar-refractivity contribution in [1.29, 1.82) is 0 Å². The van der Waals surface area contributed by atoms with E-state index in [-0.39, 0.29) is 35.5 Å². The molecule has 35 heavy (non-hydrogen) atoms. The molecule has 184 valence electrons. The second-order valence-corrected chi connectivity index (χ2v) is 8.72. The molecule has 0 unspecified atom stereocenters. The van der Waals surface area contributed by atoms with Gasteiger partial charge < -0.3 is 14.6 Å². The Hall–Kier alpha value is -3.32. The van der Waals surface area contributed by atoms with Crippen LogP contribution in [0.1, 0.15) is 54.4 Å². The smallest absolute Gasteiger partial charge is 0.346 e. The van der Waals surface area contributed by atoms with Crippen molar-refractivity contribution in [3.8, 4) is 22.6 Å². The van der Waals surface area contributed by atoms with Crippen LogP contribution < -0.4 is 9.47 Å². The Morgan fingerprint density at radius 1 is 0.914 bits per heavy atom. The topological polar surface area (TPSA) is 55.8 Å². The van der Waals surface area contributed by atoms with Gasteiger partial charge in [-0.05, 0) is 91.5 Å². The number of rotatable bonds is 7. The van der Waals surface area contributed by atoms with Gasteiger partial charge in [0.25, 0.3) is 0 Å². The maximum atomic E-state index is 14.8. The van der Waals surface area contributed by atoms with Gasteiger partial charge in [-0.25, -0.2) is 18.0 Å². The highest BCUT2D eigenvalue weighted by Gasteiger charge is 2.27. The average molecular weight is 485 g/mol. The number of ether oxygens (including phenoxy) is 2. The van der Waals surface area contributed by atoms with Gasteiger partial charge in [-0.15, -0.1) is 0 Å². The number of hydrogen-bond donors (Lipinski definition) is 1. The van der Waals surface area contributed by atoms with Crippen molar-refractivity contribution >= 4 is 5.97 Å². The highest BCUT2D eigenvalue weighted by molar-refractivity contribution is 5.91. The summed E-state index contributed by atoms with van der Waals surface area (Å²) in [5.74, 6) is -3.36. The van der Waals surface area contributed by atoms with E-state index in [4.69, 9.17) is 9.47 Å². The second kappa shape index (κ2) is 11.0. The van der Waals surface area contributed by atoms with Crippen molar-refractivity contribution in [2.24, 2.45) is 5.92 Å². The first-order valence-corrected chi connectivity index (χ1v) is 11.7. The number of hydrogen-bond acceptors (Lipinski definition) is 4. The van der Waals surface area contributed by atoms with Gasteiger partial charge in [-0.3, -0.25) is 0 Å². The van der Waals surface area contributed by atoms with Crippen LogP contribution in [-0.2, 0) is 0 Å². The number of aliphatic hydroxyl groups is 1. The first-order chi connectivity index (χ1) is 16.9. The molecule has 0 saturated heterocycles. The molecule has 0 aromatic heterocycles. The monoisotopic (exact) mass is 484 g/mol. The molecule has 4 nitrogen and oxygen atoms in total. The zero-order chi connectivity index (χ0) is 24.9. The normalized spacial score (nSPS) is 17.7. The van der Waals surface area contributed by atoms with E-state index in [0.29, 0.717) is 30.6 Å². The molecule has 4 rings (SSSR count). The van der Waals surface area contributed by atoms with Crippen molar-refractivity contribution in [3.63, 3.8) is 0 Å². The molecular formula is C28H27F3O4. The van der Waals surface area contributed by atoms with Crippen LogP contribution in [0.2, 0.25) is 0 Å². The fourth-order valence-electron chi connectivity index (χ4n) is 4.52. The maximum absolute atomic E-state index is 14.8. The number of benzene rings is 3. The van der Waals surface area contributed by atoms with E-state index in [0.717, 1.165) is 12.8 Å². The Balaban J connectivity index is 1.45. The Kier molecular flexibility index (Phi) is 7.76. The van der Waals surface area contributed by atoms with Gasteiger partial charge >= 0.3 is 5.97 Å². The highest BCUT2D eigenvalue weighted by atomic mass is 19.2. The van der Waals surface area contributed by atoms with Gasteiger partial charge in [0.1, 0.15) is 5.75 Å². The summed E-state index contributed by atoms with van der Waals surface area (Å²) >= 11 is 0. The van der Waals surface area contributed by atoms with E-state index >= 15 is 0 Å². The van der Waals surface area contributed by atoms with E-state index < -0.39 is 29.0 Å². The third-order valence-electron chi connectivity index (χ3n) is 6.51. The zero-order valence-corrected chi connectivity index (χ0v) is 19.4. The van der Waals surface area contributed by atoms with Crippen molar-refractivity contribution in [3.05, 3.63) is 83.2 Å². The Morgan fingerprint density at radius 3 is 2.23 bits per heavy atom. The molecular weight excluding hydrogens is 457 g/mol. The van der Waals surface area contributed by atoms with Crippen LogP contribution in [0.5, 0.6) is 11.5 Å². The molecule has 0 spiro atoms. The molecule has 1 aliphatic carbocycles.